The van der Waals surface area contributed by atoms with Crippen LogP contribution in [0.2, 0.25) is 0 Å². The minimum absolute atomic E-state index is 0.107. The minimum Gasteiger partial charge on any atom is -0.478 e. The van der Waals surface area contributed by atoms with Crippen molar-refractivity contribution in [3.8, 4) is 0 Å². The van der Waals surface area contributed by atoms with Crippen LogP contribution < -0.4 is 5.32 Å². The van der Waals surface area contributed by atoms with Gasteiger partial charge >= 0.3 is 5.97 Å². The van der Waals surface area contributed by atoms with Crippen LogP contribution in [0.15, 0.2) is 29.8 Å². The van der Waals surface area contributed by atoms with E-state index < -0.39 is 5.97 Å². The predicted molar refractivity (Wildman–Crippen MR) is 65.7 cm³/mol. The van der Waals surface area contributed by atoms with Gasteiger partial charge in [-0.1, -0.05) is 29.8 Å². The third kappa shape index (κ3) is 4.10. The lowest BCUT2D eigenvalue weighted by Crippen LogP contribution is -2.21. The van der Waals surface area contributed by atoms with Crippen LogP contribution in [0, 0.1) is 0 Å². The Morgan fingerprint density at radius 3 is 2.53 bits per heavy atom. The first kappa shape index (κ1) is 13.0. The molecule has 2 N–H and O–H groups in total. The molecule has 0 aliphatic carbocycles. The number of nitrogens with one attached hydrogen (secondary N) is 1. The smallest absolute Gasteiger partial charge is 0.336 e. The first-order valence-electron chi connectivity index (χ1n) is 5.24. The maximum Gasteiger partial charge on any atom is 0.336 e. The lowest BCUT2D eigenvalue weighted by molar-refractivity contribution is -0.118. The zero-order valence-electron chi connectivity index (χ0n) is 9.86. The van der Waals surface area contributed by atoms with Crippen molar-refractivity contribution in [2.24, 2.45) is 0 Å². The Balaban J connectivity index is 2.89. The number of carboxylic acid groups (broad SMARTS) is 1. The molecule has 0 atom stereocenters. The fraction of sp³-hybridized carbons (Fsp3) is 0.231. The lowest BCUT2D eigenvalue weighted by Gasteiger charge is -2.04. The quantitative estimate of drug-likeness (QED) is 0.835. The molecule has 0 aliphatic rings. The molecule has 1 aromatic carbocycles. The van der Waals surface area contributed by atoms with Gasteiger partial charge in [0.05, 0.1) is 5.56 Å². The number of carboxylic acids is 1. The second-order valence-electron chi connectivity index (χ2n) is 3.79. The van der Waals surface area contributed by atoms with Crippen molar-refractivity contribution in [1.29, 1.82) is 0 Å². The number of hydrogen-bond acceptors (Lipinski definition) is 2. The SMILES string of the molecule is CC(=O)NCC(C)=Cc1ccccc1C(=O)O. The highest BCUT2D eigenvalue weighted by Gasteiger charge is 2.06. The van der Waals surface area contributed by atoms with Crippen molar-refractivity contribution in [2.45, 2.75) is 13.8 Å². The van der Waals surface area contributed by atoms with Crippen molar-refractivity contribution in [2.75, 3.05) is 6.54 Å². The zero-order valence-corrected chi connectivity index (χ0v) is 9.86. The summed E-state index contributed by atoms with van der Waals surface area (Å²) < 4.78 is 0. The molecule has 17 heavy (non-hydrogen) atoms. The molecular formula is C13H15NO3. The highest BCUT2D eigenvalue weighted by molar-refractivity contribution is 5.92. The number of amides is 1. The summed E-state index contributed by atoms with van der Waals surface area (Å²) in [5.41, 5.74) is 1.80. The molecule has 0 saturated carbocycles. The molecule has 0 aromatic heterocycles. The maximum absolute atomic E-state index is 11.0. The highest BCUT2D eigenvalue weighted by Crippen LogP contribution is 2.12. The van der Waals surface area contributed by atoms with Gasteiger partial charge in [0.15, 0.2) is 0 Å². The van der Waals surface area contributed by atoms with Crippen molar-refractivity contribution >= 4 is 18.0 Å². The van der Waals surface area contributed by atoms with Crippen LogP contribution in [-0.4, -0.2) is 23.5 Å². The van der Waals surface area contributed by atoms with Crippen LogP contribution in [-0.2, 0) is 4.79 Å². The molecule has 0 unspecified atom stereocenters. The van der Waals surface area contributed by atoms with Crippen molar-refractivity contribution in [3.05, 3.63) is 41.0 Å². The number of carbonyl (C=O) groups is 2. The molecule has 90 valence electrons. The van der Waals surface area contributed by atoms with E-state index >= 15 is 0 Å². The Kier molecular flexibility index (Phi) is 4.46. The van der Waals surface area contributed by atoms with Crippen LogP contribution in [0.1, 0.15) is 29.8 Å². The third-order valence-electron chi connectivity index (χ3n) is 2.21. The van der Waals surface area contributed by atoms with Gasteiger partial charge in [-0.05, 0) is 18.6 Å². The van der Waals surface area contributed by atoms with Gasteiger partial charge in [0.2, 0.25) is 5.91 Å². The van der Waals surface area contributed by atoms with E-state index in [1.54, 1.807) is 30.3 Å². The van der Waals surface area contributed by atoms with E-state index in [0.717, 1.165) is 5.57 Å². The van der Waals surface area contributed by atoms with Crippen molar-refractivity contribution in [1.82, 2.24) is 5.32 Å². The Hall–Kier alpha value is -2.10. The first-order valence-corrected chi connectivity index (χ1v) is 5.24. The molecule has 1 amide bonds. The molecule has 0 saturated heterocycles. The zero-order chi connectivity index (χ0) is 12.8. The number of rotatable bonds is 4. The summed E-state index contributed by atoms with van der Waals surface area (Å²) in [5.74, 6) is -1.06. The van der Waals surface area contributed by atoms with E-state index in [-0.39, 0.29) is 11.5 Å². The van der Waals surface area contributed by atoms with Gasteiger partial charge in [-0.3, -0.25) is 4.79 Å². The lowest BCUT2D eigenvalue weighted by atomic mass is 10.1. The Morgan fingerprint density at radius 1 is 1.29 bits per heavy atom. The molecule has 4 nitrogen and oxygen atoms in total. The molecule has 0 aliphatic heterocycles. The van der Waals surface area contributed by atoms with Crippen molar-refractivity contribution in [3.63, 3.8) is 0 Å². The van der Waals surface area contributed by atoms with E-state index in [1.165, 1.54) is 6.92 Å². The summed E-state index contributed by atoms with van der Waals surface area (Å²) in [7, 11) is 0. The fourth-order valence-electron chi connectivity index (χ4n) is 1.40. The molecule has 1 aromatic rings. The van der Waals surface area contributed by atoms with E-state index in [2.05, 4.69) is 5.32 Å². The monoisotopic (exact) mass is 233 g/mol. The average molecular weight is 233 g/mol. The van der Waals surface area contributed by atoms with Gasteiger partial charge in [0.1, 0.15) is 0 Å². The Morgan fingerprint density at radius 2 is 1.94 bits per heavy atom. The second kappa shape index (κ2) is 5.84. The van der Waals surface area contributed by atoms with Gasteiger partial charge in [-0.15, -0.1) is 0 Å². The Bertz CT molecular complexity index is 463. The van der Waals surface area contributed by atoms with Crippen molar-refractivity contribution < 1.29 is 14.7 Å². The van der Waals surface area contributed by atoms with E-state index in [0.29, 0.717) is 12.1 Å². The van der Waals surface area contributed by atoms with Gasteiger partial charge in [0.25, 0.3) is 0 Å². The molecule has 0 heterocycles. The van der Waals surface area contributed by atoms with Gasteiger partial charge in [-0.25, -0.2) is 4.79 Å². The minimum atomic E-state index is -0.954. The molecule has 1 rings (SSSR count). The molecule has 0 spiro atoms. The van der Waals surface area contributed by atoms with Gasteiger partial charge in [-0.2, -0.15) is 0 Å². The van der Waals surface area contributed by atoms with E-state index in [9.17, 15) is 9.59 Å². The third-order valence-corrected chi connectivity index (χ3v) is 2.21. The standard InChI is InChI=1S/C13H15NO3/c1-9(8-14-10(2)15)7-11-5-3-4-6-12(11)13(16)17/h3-7H,8H2,1-2H3,(H,14,15)(H,16,17). The molecule has 0 radical (unpaired) electrons. The Labute approximate surface area is 100.0 Å². The first-order chi connectivity index (χ1) is 8.00. The largest absolute Gasteiger partial charge is 0.478 e. The molecule has 0 bridgehead atoms. The van der Waals surface area contributed by atoms with Gasteiger partial charge < -0.3 is 10.4 Å². The van der Waals surface area contributed by atoms with Crippen LogP contribution >= 0.6 is 0 Å². The maximum atomic E-state index is 11.0. The van der Waals surface area contributed by atoms with Crippen LogP contribution in [0.25, 0.3) is 6.08 Å². The number of hydrogen-bond donors (Lipinski definition) is 2. The number of carbonyl (C=O) groups excluding carboxylic acids is 1. The molecular weight excluding hydrogens is 218 g/mol. The summed E-state index contributed by atoms with van der Waals surface area (Å²) >= 11 is 0. The summed E-state index contributed by atoms with van der Waals surface area (Å²) in [6.45, 7) is 3.70. The van der Waals surface area contributed by atoms with Gasteiger partial charge in [0, 0.05) is 13.5 Å². The molecule has 0 fully saturated rings. The van der Waals surface area contributed by atoms with Crippen LogP contribution in [0.5, 0.6) is 0 Å². The topological polar surface area (TPSA) is 66.4 Å². The summed E-state index contributed by atoms with van der Waals surface area (Å²) in [6, 6.07) is 6.76. The second-order valence-corrected chi connectivity index (χ2v) is 3.79. The van der Waals surface area contributed by atoms with E-state index in [4.69, 9.17) is 5.11 Å². The predicted octanol–water partition coefficient (Wildman–Crippen LogP) is 1.92. The average Bonchev–Trinajstić information content (AvgIpc) is 2.27. The molecule has 4 heteroatoms. The normalized spacial score (nSPS) is 11.1. The van der Waals surface area contributed by atoms with Crippen LogP contribution in [0.4, 0.5) is 0 Å². The van der Waals surface area contributed by atoms with Crippen LogP contribution in [0.3, 0.4) is 0 Å². The summed E-state index contributed by atoms with van der Waals surface area (Å²) in [5, 5.41) is 11.7. The summed E-state index contributed by atoms with van der Waals surface area (Å²) in [4.78, 5) is 21.7. The number of aromatic carboxylic acids is 1. The fourth-order valence-corrected chi connectivity index (χ4v) is 1.40. The van der Waals surface area contributed by atoms with E-state index in [1.807, 2.05) is 6.92 Å². The highest BCUT2D eigenvalue weighted by atomic mass is 16.4. The number of benzene rings is 1. The summed E-state index contributed by atoms with van der Waals surface area (Å²) in [6.07, 6.45) is 1.76.